The molecule has 0 spiro atoms. The standard InChI is InChI=1S/C20H23NO6/c1-20(2,3)27-19(26)14-9-8-11(15(14)18(24)25)10-21-16(22)12-6-4-5-7-13(12)17(21)23/h4-7,11,14-15H,8-10H2,1-3H3,(H,24,25). The van der Waals surface area contributed by atoms with Gasteiger partial charge in [0.05, 0.1) is 23.0 Å². The van der Waals surface area contributed by atoms with Crippen molar-refractivity contribution in [3.63, 3.8) is 0 Å². The SMILES string of the molecule is CC(C)(C)OC(=O)C1CCC(CN2C(=O)c3ccccc3C2=O)C1C(=O)O. The molecule has 0 saturated heterocycles. The number of benzene rings is 1. The van der Waals surface area contributed by atoms with Crippen LogP contribution in [0.4, 0.5) is 0 Å². The average molecular weight is 373 g/mol. The molecule has 1 aliphatic carbocycles. The van der Waals surface area contributed by atoms with Crippen LogP contribution < -0.4 is 0 Å². The van der Waals surface area contributed by atoms with Crippen LogP contribution >= 0.6 is 0 Å². The number of carbonyl (C=O) groups is 4. The van der Waals surface area contributed by atoms with Crippen molar-refractivity contribution in [1.29, 1.82) is 0 Å². The third-order valence-corrected chi connectivity index (χ3v) is 5.08. The molecule has 0 aromatic heterocycles. The number of fused-ring (bicyclic) bond motifs is 1. The molecule has 7 heteroatoms. The quantitative estimate of drug-likeness (QED) is 0.642. The van der Waals surface area contributed by atoms with Crippen LogP contribution in [0.1, 0.15) is 54.3 Å². The van der Waals surface area contributed by atoms with E-state index in [0.29, 0.717) is 24.0 Å². The Morgan fingerprint density at radius 3 is 2.15 bits per heavy atom. The second-order valence-corrected chi connectivity index (χ2v) is 8.11. The summed E-state index contributed by atoms with van der Waals surface area (Å²) < 4.78 is 5.36. The number of nitrogens with zero attached hydrogens (tertiary/aromatic N) is 1. The molecule has 2 aliphatic rings. The number of aliphatic carboxylic acids is 1. The van der Waals surface area contributed by atoms with E-state index in [4.69, 9.17) is 4.74 Å². The van der Waals surface area contributed by atoms with Gasteiger partial charge in [0.25, 0.3) is 11.8 Å². The van der Waals surface area contributed by atoms with Gasteiger partial charge < -0.3 is 9.84 Å². The Kier molecular flexibility index (Phi) is 4.80. The molecule has 1 fully saturated rings. The third-order valence-electron chi connectivity index (χ3n) is 5.08. The van der Waals surface area contributed by atoms with Gasteiger partial charge >= 0.3 is 11.9 Å². The molecule has 27 heavy (non-hydrogen) atoms. The number of hydrogen-bond donors (Lipinski definition) is 1. The molecule has 1 N–H and O–H groups in total. The number of amides is 2. The molecule has 1 aliphatic heterocycles. The van der Waals surface area contributed by atoms with Gasteiger partial charge in [-0.1, -0.05) is 12.1 Å². The monoisotopic (exact) mass is 373 g/mol. The molecule has 144 valence electrons. The Morgan fingerprint density at radius 2 is 1.67 bits per heavy atom. The molecule has 1 aromatic rings. The zero-order chi connectivity index (χ0) is 19.9. The minimum absolute atomic E-state index is 0.0113. The first-order valence-electron chi connectivity index (χ1n) is 9.01. The van der Waals surface area contributed by atoms with Crippen molar-refractivity contribution in [2.75, 3.05) is 6.54 Å². The lowest BCUT2D eigenvalue weighted by Crippen LogP contribution is -2.40. The summed E-state index contributed by atoms with van der Waals surface area (Å²) >= 11 is 0. The minimum Gasteiger partial charge on any atom is -0.481 e. The summed E-state index contributed by atoms with van der Waals surface area (Å²) in [6.45, 7) is 5.17. The summed E-state index contributed by atoms with van der Waals surface area (Å²) in [5, 5.41) is 9.68. The van der Waals surface area contributed by atoms with Gasteiger partial charge in [-0.05, 0) is 51.7 Å². The van der Waals surface area contributed by atoms with E-state index in [9.17, 15) is 24.3 Å². The molecule has 3 unspecified atom stereocenters. The molecular formula is C20H23NO6. The van der Waals surface area contributed by atoms with Gasteiger partial charge in [-0.15, -0.1) is 0 Å². The van der Waals surface area contributed by atoms with E-state index in [1.807, 2.05) is 0 Å². The van der Waals surface area contributed by atoms with E-state index in [2.05, 4.69) is 0 Å². The molecule has 7 nitrogen and oxygen atoms in total. The average Bonchev–Trinajstić information content (AvgIpc) is 3.10. The van der Waals surface area contributed by atoms with Crippen molar-refractivity contribution in [2.24, 2.45) is 17.8 Å². The summed E-state index contributed by atoms with van der Waals surface area (Å²) in [5.41, 5.74) is -0.0482. The van der Waals surface area contributed by atoms with Crippen molar-refractivity contribution in [1.82, 2.24) is 4.90 Å². The molecule has 3 atom stereocenters. The number of carboxylic acid groups (broad SMARTS) is 1. The predicted octanol–water partition coefficient (Wildman–Crippen LogP) is 2.35. The number of ether oxygens (including phenoxy) is 1. The van der Waals surface area contributed by atoms with Gasteiger partial charge in [0.1, 0.15) is 5.60 Å². The number of carbonyl (C=O) groups excluding carboxylic acids is 3. The highest BCUT2D eigenvalue weighted by Crippen LogP contribution is 2.40. The fourth-order valence-electron chi connectivity index (χ4n) is 3.94. The topological polar surface area (TPSA) is 101 Å². The lowest BCUT2D eigenvalue weighted by molar-refractivity contribution is -0.166. The number of hydrogen-bond acceptors (Lipinski definition) is 5. The molecule has 1 saturated carbocycles. The third kappa shape index (κ3) is 3.59. The van der Waals surface area contributed by atoms with Crippen LogP contribution in [0.5, 0.6) is 0 Å². The van der Waals surface area contributed by atoms with Gasteiger partial charge in [0.2, 0.25) is 0 Å². The van der Waals surface area contributed by atoms with Crippen LogP contribution in [-0.2, 0) is 14.3 Å². The highest BCUT2D eigenvalue weighted by atomic mass is 16.6. The predicted molar refractivity (Wildman–Crippen MR) is 95.0 cm³/mol. The van der Waals surface area contributed by atoms with Crippen molar-refractivity contribution < 1.29 is 29.0 Å². The molecule has 1 aromatic carbocycles. The maximum atomic E-state index is 12.5. The second-order valence-electron chi connectivity index (χ2n) is 8.11. The Hall–Kier alpha value is -2.70. The lowest BCUT2D eigenvalue weighted by Gasteiger charge is -2.26. The van der Waals surface area contributed by atoms with Gasteiger partial charge in [-0.2, -0.15) is 0 Å². The summed E-state index contributed by atoms with van der Waals surface area (Å²) in [5.74, 6) is -4.72. The summed E-state index contributed by atoms with van der Waals surface area (Å²) in [7, 11) is 0. The zero-order valence-corrected chi connectivity index (χ0v) is 15.6. The van der Waals surface area contributed by atoms with Crippen LogP contribution in [-0.4, -0.2) is 45.9 Å². The Balaban J connectivity index is 1.78. The molecule has 2 amide bonds. The summed E-state index contributed by atoms with van der Waals surface area (Å²) in [4.78, 5) is 50.5. The van der Waals surface area contributed by atoms with Gasteiger partial charge in [0, 0.05) is 6.54 Å². The number of esters is 1. The highest BCUT2D eigenvalue weighted by molar-refractivity contribution is 6.21. The van der Waals surface area contributed by atoms with Crippen molar-refractivity contribution in [3.05, 3.63) is 35.4 Å². The maximum Gasteiger partial charge on any atom is 0.310 e. The van der Waals surface area contributed by atoms with Crippen molar-refractivity contribution in [3.8, 4) is 0 Å². The maximum absolute atomic E-state index is 12.5. The first-order chi connectivity index (χ1) is 12.6. The zero-order valence-electron chi connectivity index (χ0n) is 15.6. The molecule has 0 bridgehead atoms. The largest absolute Gasteiger partial charge is 0.481 e. The van der Waals surface area contributed by atoms with E-state index < -0.39 is 47.1 Å². The minimum atomic E-state index is -1.11. The van der Waals surface area contributed by atoms with Gasteiger partial charge in [-0.3, -0.25) is 24.1 Å². The van der Waals surface area contributed by atoms with E-state index in [-0.39, 0.29) is 6.54 Å². The van der Waals surface area contributed by atoms with Crippen molar-refractivity contribution >= 4 is 23.8 Å². The summed E-state index contributed by atoms with van der Waals surface area (Å²) in [6, 6.07) is 6.54. The number of rotatable bonds is 4. The molecular weight excluding hydrogens is 350 g/mol. The second kappa shape index (κ2) is 6.79. The number of carboxylic acids is 1. The Labute approximate surface area is 157 Å². The van der Waals surface area contributed by atoms with Crippen LogP contribution in [0.3, 0.4) is 0 Å². The fourth-order valence-corrected chi connectivity index (χ4v) is 3.94. The van der Waals surface area contributed by atoms with Crippen LogP contribution in [0.25, 0.3) is 0 Å². The first kappa shape index (κ1) is 19.1. The number of imide groups is 1. The van der Waals surface area contributed by atoms with E-state index >= 15 is 0 Å². The smallest absolute Gasteiger partial charge is 0.310 e. The van der Waals surface area contributed by atoms with E-state index in [1.165, 1.54) is 0 Å². The fraction of sp³-hybridized carbons (Fsp3) is 0.500. The normalized spacial score (nSPS) is 24.9. The van der Waals surface area contributed by atoms with Crippen molar-refractivity contribution in [2.45, 2.75) is 39.2 Å². The molecule has 1 heterocycles. The van der Waals surface area contributed by atoms with Crippen LogP contribution in [0.15, 0.2) is 24.3 Å². The van der Waals surface area contributed by atoms with Gasteiger partial charge in [-0.25, -0.2) is 0 Å². The summed E-state index contributed by atoms with van der Waals surface area (Å²) in [6.07, 6.45) is 0.800. The van der Waals surface area contributed by atoms with Gasteiger partial charge in [0.15, 0.2) is 0 Å². The Morgan fingerprint density at radius 1 is 1.11 bits per heavy atom. The molecule has 3 rings (SSSR count). The van der Waals surface area contributed by atoms with E-state index in [1.54, 1.807) is 45.0 Å². The first-order valence-corrected chi connectivity index (χ1v) is 9.01. The van der Waals surface area contributed by atoms with E-state index in [0.717, 1.165) is 4.90 Å². The molecule has 0 radical (unpaired) electrons. The van der Waals surface area contributed by atoms with Crippen LogP contribution in [0.2, 0.25) is 0 Å². The Bertz CT molecular complexity index is 774. The lowest BCUT2D eigenvalue weighted by atomic mass is 9.89. The highest BCUT2D eigenvalue weighted by Gasteiger charge is 2.48. The van der Waals surface area contributed by atoms with Crippen LogP contribution in [0, 0.1) is 17.8 Å².